The molecule has 1 N–H and O–H groups in total. The number of nitrogens with zero attached hydrogens (tertiary/aromatic N) is 3. The van der Waals surface area contributed by atoms with Gasteiger partial charge in [0.2, 0.25) is 11.7 Å². The number of carbonyl (C=O) groups is 1. The van der Waals surface area contributed by atoms with Gasteiger partial charge in [-0.25, -0.2) is 0 Å². The average Bonchev–Trinajstić information content (AvgIpc) is 3.21. The third kappa shape index (κ3) is 5.05. The van der Waals surface area contributed by atoms with E-state index in [1.165, 1.54) is 11.8 Å². The first-order valence-corrected chi connectivity index (χ1v) is 10.8. The van der Waals surface area contributed by atoms with Crippen LogP contribution in [-0.2, 0) is 11.3 Å². The van der Waals surface area contributed by atoms with Crippen molar-refractivity contribution >= 4 is 35.0 Å². The van der Waals surface area contributed by atoms with Crippen LogP contribution >= 0.6 is 23.4 Å². The number of anilines is 1. The summed E-state index contributed by atoms with van der Waals surface area (Å²) in [5.74, 6) is 2.17. The van der Waals surface area contributed by atoms with Crippen LogP contribution < -0.4 is 19.5 Å². The van der Waals surface area contributed by atoms with Gasteiger partial charge in [-0.1, -0.05) is 35.5 Å². The number of hydrogen-bond acceptors (Lipinski definition) is 7. The van der Waals surface area contributed by atoms with Crippen LogP contribution in [0.5, 0.6) is 17.2 Å². The van der Waals surface area contributed by atoms with E-state index in [0.717, 1.165) is 5.56 Å². The van der Waals surface area contributed by atoms with Crippen molar-refractivity contribution in [1.29, 1.82) is 0 Å². The second kappa shape index (κ2) is 10.4. The fraction of sp³-hybridized carbons (Fsp3) is 0.286. The molecule has 1 amide bonds. The lowest BCUT2D eigenvalue weighted by molar-refractivity contribution is -0.113. The first-order valence-electron chi connectivity index (χ1n) is 9.43. The summed E-state index contributed by atoms with van der Waals surface area (Å²) in [6, 6.07) is 10.7. The van der Waals surface area contributed by atoms with E-state index in [9.17, 15) is 4.79 Å². The van der Waals surface area contributed by atoms with Crippen LogP contribution in [0.4, 0.5) is 5.69 Å². The Labute approximate surface area is 189 Å². The molecule has 0 bridgehead atoms. The largest absolute Gasteiger partial charge is 0.493 e. The minimum atomic E-state index is -0.182. The molecule has 0 aliphatic heterocycles. The Kier molecular flexibility index (Phi) is 7.64. The van der Waals surface area contributed by atoms with Crippen molar-refractivity contribution < 1.29 is 19.0 Å². The highest BCUT2D eigenvalue weighted by molar-refractivity contribution is 7.99. The van der Waals surface area contributed by atoms with Gasteiger partial charge in [0.1, 0.15) is 0 Å². The Morgan fingerprint density at radius 3 is 2.35 bits per heavy atom. The maximum atomic E-state index is 12.4. The number of aromatic nitrogens is 3. The van der Waals surface area contributed by atoms with Crippen LogP contribution in [0.1, 0.15) is 6.92 Å². The molecule has 0 unspecified atom stereocenters. The number of halogens is 1. The predicted molar refractivity (Wildman–Crippen MR) is 122 cm³/mol. The molecule has 1 aromatic heterocycles. The standard InChI is InChI=1S/C21H23ClN4O4S/c1-5-26-20(13-10-16(28-2)19(30-4)17(11-13)29-3)24-25-21(26)31-12-18(27)23-15-9-7-6-8-14(15)22/h6-11H,5,12H2,1-4H3,(H,23,27). The summed E-state index contributed by atoms with van der Waals surface area (Å²) in [6.07, 6.45) is 0. The van der Waals surface area contributed by atoms with Crippen LogP contribution in [-0.4, -0.2) is 47.8 Å². The number of thioether (sulfide) groups is 1. The van der Waals surface area contributed by atoms with Crippen LogP contribution in [0, 0.1) is 0 Å². The number of benzene rings is 2. The average molecular weight is 463 g/mol. The second-order valence-electron chi connectivity index (χ2n) is 6.28. The molecule has 0 radical (unpaired) electrons. The zero-order valence-corrected chi connectivity index (χ0v) is 19.2. The number of rotatable bonds is 9. The molecule has 0 fully saturated rings. The van der Waals surface area contributed by atoms with Gasteiger partial charge < -0.3 is 24.1 Å². The Balaban J connectivity index is 1.81. The molecule has 0 saturated heterocycles. The summed E-state index contributed by atoms with van der Waals surface area (Å²) in [7, 11) is 4.67. The van der Waals surface area contributed by atoms with Gasteiger partial charge in [0.25, 0.3) is 0 Å². The van der Waals surface area contributed by atoms with E-state index >= 15 is 0 Å². The molecule has 0 aliphatic carbocycles. The first kappa shape index (κ1) is 22.8. The fourth-order valence-electron chi connectivity index (χ4n) is 2.98. The molecule has 10 heteroatoms. The molecule has 1 heterocycles. The van der Waals surface area contributed by atoms with Crippen molar-refractivity contribution in [2.75, 3.05) is 32.4 Å². The lowest BCUT2D eigenvalue weighted by Gasteiger charge is -2.14. The van der Waals surface area contributed by atoms with E-state index in [0.29, 0.717) is 45.5 Å². The third-order valence-corrected chi connectivity index (χ3v) is 5.73. The number of hydrogen-bond donors (Lipinski definition) is 1. The molecule has 2 aromatic carbocycles. The number of carbonyl (C=O) groups excluding carboxylic acids is 1. The zero-order chi connectivity index (χ0) is 22.4. The van der Waals surface area contributed by atoms with Crippen LogP contribution in [0.3, 0.4) is 0 Å². The molecule has 31 heavy (non-hydrogen) atoms. The van der Waals surface area contributed by atoms with Crippen molar-refractivity contribution in [3.63, 3.8) is 0 Å². The van der Waals surface area contributed by atoms with Crippen molar-refractivity contribution in [2.45, 2.75) is 18.6 Å². The molecule has 8 nitrogen and oxygen atoms in total. The molecule has 0 spiro atoms. The second-order valence-corrected chi connectivity index (χ2v) is 7.63. The SMILES string of the molecule is CCn1c(SCC(=O)Nc2ccccc2Cl)nnc1-c1cc(OC)c(OC)c(OC)c1. The normalized spacial score (nSPS) is 10.6. The van der Waals surface area contributed by atoms with E-state index in [-0.39, 0.29) is 11.7 Å². The van der Waals surface area contributed by atoms with Gasteiger partial charge in [0.15, 0.2) is 22.5 Å². The van der Waals surface area contributed by atoms with E-state index < -0.39 is 0 Å². The van der Waals surface area contributed by atoms with Gasteiger partial charge in [-0.05, 0) is 31.2 Å². The molecule has 0 saturated carbocycles. The highest BCUT2D eigenvalue weighted by atomic mass is 35.5. The zero-order valence-electron chi connectivity index (χ0n) is 17.6. The summed E-state index contributed by atoms with van der Waals surface area (Å²) in [4.78, 5) is 12.4. The van der Waals surface area contributed by atoms with Gasteiger partial charge in [0.05, 0.1) is 37.8 Å². The molecule has 3 rings (SSSR count). The number of ether oxygens (including phenoxy) is 3. The van der Waals surface area contributed by atoms with Crippen molar-refractivity contribution in [2.24, 2.45) is 0 Å². The molecular formula is C21H23ClN4O4S. The molecule has 164 valence electrons. The Hall–Kier alpha value is -2.91. The molecule has 0 atom stereocenters. The van der Waals surface area contributed by atoms with Gasteiger partial charge in [-0.15, -0.1) is 10.2 Å². The predicted octanol–water partition coefficient (Wildman–Crippen LogP) is 4.38. The summed E-state index contributed by atoms with van der Waals surface area (Å²) in [5, 5.41) is 12.5. The Bertz CT molecular complexity index is 1050. The van der Waals surface area contributed by atoms with Crippen LogP contribution in [0.25, 0.3) is 11.4 Å². The minimum Gasteiger partial charge on any atom is -0.493 e. The summed E-state index contributed by atoms with van der Waals surface area (Å²) >= 11 is 7.39. The van der Waals surface area contributed by atoms with Gasteiger partial charge in [0, 0.05) is 12.1 Å². The van der Waals surface area contributed by atoms with Crippen molar-refractivity contribution in [1.82, 2.24) is 14.8 Å². The maximum absolute atomic E-state index is 12.4. The minimum absolute atomic E-state index is 0.165. The summed E-state index contributed by atoms with van der Waals surface area (Å²) in [6.45, 7) is 2.60. The first-order chi connectivity index (χ1) is 15.0. The van der Waals surface area contributed by atoms with Gasteiger partial charge in [-0.3, -0.25) is 4.79 Å². The highest BCUT2D eigenvalue weighted by Crippen LogP contribution is 2.41. The van der Waals surface area contributed by atoms with Crippen molar-refractivity contribution in [3.8, 4) is 28.6 Å². The van der Waals surface area contributed by atoms with E-state index in [2.05, 4.69) is 15.5 Å². The number of methoxy groups -OCH3 is 3. The van der Waals surface area contributed by atoms with Gasteiger partial charge >= 0.3 is 0 Å². The smallest absolute Gasteiger partial charge is 0.234 e. The number of amides is 1. The Morgan fingerprint density at radius 1 is 1.10 bits per heavy atom. The van der Waals surface area contributed by atoms with Crippen LogP contribution in [0.15, 0.2) is 41.6 Å². The lowest BCUT2D eigenvalue weighted by Crippen LogP contribution is -2.15. The highest BCUT2D eigenvalue weighted by Gasteiger charge is 2.19. The molecule has 3 aromatic rings. The number of para-hydroxylation sites is 1. The molecule has 0 aliphatic rings. The summed E-state index contributed by atoms with van der Waals surface area (Å²) < 4.78 is 18.2. The third-order valence-electron chi connectivity index (χ3n) is 4.44. The van der Waals surface area contributed by atoms with Crippen molar-refractivity contribution in [3.05, 3.63) is 41.4 Å². The number of nitrogens with one attached hydrogen (secondary N) is 1. The molecular weight excluding hydrogens is 440 g/mol. The topological polar surface area (TPSA) is 87.5 Å². The lowest BCUT2D eigenvalue weighted by atomic mass is 10.1. The maximum Gasteiger partial charge on any atom is 0.234 e. The van der Waals surface area contributed by atoms with Gasteiger partial charge in [-0.2, -0.15) is 0 Å². The van der Waals surface area contributed by atoms with E-state index in [1.54, 1.807) is 39.5 Å². The quantitative estimate of drug-likeness (QED) is 0.472. The van der Waals surface area contributed by atoms with Crippen LogP contribution in [0.2, 0.25) is 5.02 Å². The van der Waals surface area contributed by atoms with E-state index in [4.69, 9.17) is 25.8 Å². The van der Waals surface area contributed by atoms with E-state index in [1.807, 2.05) is 29.7 Å². The summed E-state index contributed by atoms with van der Waals surface area (Å²) in [5.41, 5.74) is 1.33. The fourth-order valence-corrected chi connectivity index (χ4v) is 3.97. The monoisotopic (exact) mass is 462 g/mol. The Morgan fingerprint density at radius 2 is 1.77 bits per heavy atom.